The summed E-state index contributed by atoms with van der Waals surface area (Å²) in [5.74, 6) is 0. The number of nitrogens with zero attached hydrogens (tertiary/aromatic N) is 1. The zero-order valence-electron chi connectivity index (χ0n) is 21.4. The number of halogens is 1. The van der Waals surface area contributed by atoms with Gasteiger partial charge in [-0.25, -0.2) is 27.3 Å². The van der Waals surface area contributed by atoms with Gasteiger partial charge in [-0.1, -0.05) is 29.8 Å². The molecule has 0 bridgehead atoms. The zero-order valence-corrected chi connectivity index (χ0v) is 24.6. The number of carbonyl (C=O) groups is 1. The number of rotatable bonds is 7. The molecule has 3 heterocycles. The number of sulfonamides is 1. The smallest absolute Gasteiger partial charge is 0.333 e. The minimum absolute atomic E-state index is 0.105. The minimum Gasteiger partial charge on any atom is -0.380 e. The summed E-state index contributed by atoms with van der Waals surface area (Å²) in [4.78, 5) is 42.4. The van der Waals surface area contributed by atoms with Crippen LogP contribution in [0, 0.1) is 0 Å². The Balaban J connectivity index is 1.17. The maximum Gasteiger partial charge on any atom is 0.333 e. The summed E-state index contributed by atoms with van der Waals surface area (Å²) in [5, 5.41) is 7.26. The van der Waals surface area contributed by atoms with Gasteiger partial charge in [0.2, 0.25) is 0 Å². The van der Waals surface area contributed by atoms with E-state index >= 15 is 0 Å². The number of hydrogen-bond donors (Lipinski definition) is 4. The highest BCUT2D eigenvalue weighted by atomic mass is 35.5. The average Bonchev–Trinajstić information content (AvgIpc) is 3.59. The van der Waals surface area contributed by atoms with E-state index in [0.717, 1.165) is 26.5 Å². The van der Waals surface area contributed by atoms with Gasteiger partial charge in [-0.2, -0.15) is 0 Å². The van der Waals surface area contributed by atoms with E-state index in [0.29, 0.717) is 17.4 Å². The molecule has 42 heavy (non-hydrogen) atoms. The van der Waals surface area contributed by atoms with Crippen LogP contribution in [0.25, 0.3) is 26.7 Å². The number of anilines is 2. The molecule has 0 aliphatic carbocycles. The van der Waals surface area contributed by atoms with E-state index in [4.69, 9.17) is 11.6 Å². The lowest BCUT2D eigenvalue weighted by Crippen LogP contribution is -2.34. The summed E-state index contributed by atoms with van der Waals surface area (Å²) < 4.78 is 28.9. The molecule has 6 rings (SSSR count). The maximum atomic E-state index is 13.3. The van der Waals surface area contributed by atoms with Crippen molar-refractivity contribution in [2.24, 2.45) is 0 Å². The van der Waals surface area contributed by atoms with E-state index in [-0.39, 0.29) is 19.9 Å². The monoisotopic (exact) mass is 637 g/mol. The molecule has 0 aliphatic heterocycles. The molecular weight excluding hydrogens is 618 g/mol. The molecule has 0 radical (unpaired) electrons. The van der Waals surface area contributed by atoms with Crippen LogP contribution in [0.4, 0.5) is 16.2 Å². The molecule has 0 fully saturated rings. The first-order valence-electron chi connectivity index (χ1n) is 12.4. The third-order valence-corrected chi connectivity index (χ3v) is 10.4. The van der Waals surface area contributed by atoms with Crippen LogP contribution >= 0.6 is 34.3 Å². The second kappa shape index (κ2) is 11.1. The number of aromatic nitrogens is 2. The zero-order chi connectivity index (χ0) is 29.4. The number of urea groups is 1. The Morgan fingerprint density at radius 1 is 0.905 bits per heavy atom. The Kier molecular flexibility index (Phi) is 7.33. The van der Waals surface area contributed by atoms with Gasteiger partial charge < -0.3 is 15.6 Å². The fraction of sp³-hybridized carbons (Fsp3) is 0.0357. The number of hydrogen-bond acceptors (Lipinski definition) is 8. The number of benzene rings is 3. The Morgan fingerprint density at radius 2 is 1.67 bits per heavy atom. The van der Waals surface area contributed by atoms with Gasteiger partial charge in [-0.3, -0.25) is 4.79 Å². The Hall–Kier alpha value is -4.43. The van der Waals surface area contributed by atoms with Crippen LogP contribution in [0.1, 0.15) is 4.88 Å². The van der Waals surface area contributed by atoms with Crippen LogP contribution in [-0.2, 0) is 16.6 Å². The number of amides is 2. The third-order valence-electron chi connectivity index (χ3n) is 6.26. The van der Waals surface area contributed by atoms with Crippen LogP contribution in [0.2, 0.25) is 4.34 Å². The van der Waals surface area contributed by atoms with E-state index < -0.39 is 27.3 Å². The number of carbonyl (C=O) groups excluding carboxylic acids is 1. The van der Waals surface area contributed by atoms with Crippen LogP contribution in [-0.4, -0.2) is 24.0 Å². The molecule has 3 aromatic carbocycles. The molecule has 14 heteroatoms. The van der Waals surface area contributed by atoms with Gasteiger partial charge in [0.25, 0.3) is 15.6 Å². The SMILES string of the molecule is O=C(Nc1ccc(-n2c(=O)[nH]c3cc(NCc4cc5ccccc5s4)ccc3c2=O)cc1)NS(=O)(=O)c1ccc(Cl)s1. The van der Waals surface area contributed by atoms with E-state index in [1.807, 2.05) is 16.9 Å². The van der Waals surface area contributed by atoms with Crippen LogP contribution < -0.4 is 26.6 Å². The van der Waals surface area contributed by atoms with Crippen molar-refractivity contribution >= 4 is 82.7 Å². The van der Waals surface area contributed by atoms with E-state index in [1.54, 1.807) is 29.5 Å². The van der Waals surface area contributed by atoms with Gasteiger partial charge in [0.15, 0.2) is 0 Å². The summed E-state index contributed by atoms with van der Waals surface area (Å²) in [5.41, 5.74) is 0.519. The van der Waals surface area contributed by atoms with Crippen molar-refractivity contribution in [2.45, 2.75) is 10.8 Å². The molecule has 4 N–H and O–H groups in total. The van der Waals surface area contributed by atoms with Gasteiger partial charge >= 0.3 is 11.7 Å². The molecule has 0 saturated heterocycles. The predicted octanol–water partition coefficient (Wildman–Crippen LogP) is 5.73. The minimum atomic E-state index is -4.09. The topological polar surface area (TPSA) is 142 Å². The summed E-state index contributed by atoms with van der Waals surface area (Å²) in [6, 6.07) is 23.0. The van der Waals surface area contributed by atoms with Gasteiger partial charge in [0, 0.05) is 27.5 Å². The van der Waals surface area contributed by atoms with Crippen LogP contribution in [0.5, 0.6) is 0 Å². The lowest BCUT2D eigenvalue weighted by molar-refractivity contribution is 0.256. The van der Waals surface area contributed by atoms with Crippen molar-refractivity contribution in [3.63, 3.8) is 0 Å². The van der Waals surface area contributed by atoms with Crippen molar-refractivity contribution in [2.75, 3.05) is 10.6 Å². The predicted molar refractivity (Wildman–Crippen MR) is 168 cm³/mol. The van der Waals surface area contributed by atoms with Gasteiger partial charge in [0.1, 0.15) is 4.21 Å². The second-order valence-electron chi connectivity index (χ2n) is 9.10. The van der Waals surface area contributed by atoms with Gasteiger partial charge in [-0.05, 0) is 72.1 Å². The first-order valence-corrected chi connectivity index (χ1v) is 15.9. The first-order chi connectivity index (χ1) is 20.2. The molecule has 212 valence electrons. The van der Waals surface area contributed by atoms with E-state index in [9.17, 15) is 22.8 Å². The number of fused-ring (bicyclic) bond motifs is 2. The molecule has 3 aromatic heterocycles. The lowest BCUT2D eigenvalue weighted by atomic mass is 10.2. The standard InChI is InChI=1S/C28H20ClN5O5S3/c29-24-11-12-25(41-24)42(38,39)33-27(36)31-17-5-8-19(9-6-17)34-26(35)21-10-7-18(14-22(21)32-28(34)37)30-15-20-13-16-3-1-2-4-23(16)40-20/h1-14,30H,15H2,(H,32,37)(H2,31,33,36). The molecular formula is C28H20ClN5O5S3. The van der Waals surface area contributed by atoms with Gasteiger partial charge in [0.05, 0.1) is 20.9 Å². The Bertz CT molecular complexity index is 2170. The first kappa shape index (κ1) is 27.7. The van der Waals surface area contributed by atoms with Crippen molar-refractivity contribution in [1.29, 1.82) is 0 Å². The number of H-pyrrole nitrogens is 1. The Labute approximate surface area is 251 Å². The summed E-state index contributed by atoms with van der Waals surface area (Å²) >= 11 is 8.29. The molecule has 0 aliphatic rings. The van der Waals surface area contributed by atoms with Crippen LogP contribution in [0.3, 0.4) is 0 Å². The normalized spacial score (nSPS) is 11.5. The van der Waals surface area contributed by atoms with Gasteiger partial charge in [-0.15, -0.1) is 22.7 Å². The molecule has 0 atom stereocenters. The summed E-state index contributed by atoms with van der Waals surface area (Å²) in [6.45, 7) is 0.596. The fourth-order valence-corrected chi connectivity index (χ4v) is 7.73. The molecule has 6 aromatic rings. The number of aromatic amines is 1. The lowest BCUT2D eigenvalue weighted by Gasteiger charge is -2.10. The third kappa shape index (κ3) is 5.67. The van der Waals surface area contributed by atoms with E-state index in [2.05, 4.69) is 33.8 Å². The number of nitrogens with one attached hydrogen (secondary N) is 4. The second-order valence-corrected chi connectivity index (χ2v) is 13.9. The fourth-order valence-electron chi connectivity index (χ4n) is 4.34. The molecule has 2 amide bonds. The Morgan fingerprint density at radius 3 is 2.40 bits per heavy atom. The summed E-state index contributed by atoms with van der Waals surface area (Å²) in [6.07, 6.45) is 0. The number of thiophene rings is 2. The average molecular weight is 638 g/mol. The molecule has 0 spiro atoms. The summed E-state index contributed by atoms with van der Waals surface area (Å²) in [7, 11) is -4.09. The van der Waals surface area contributed by atoms with E-state index in [1.165, 1.54) is 46.5 Å². The van der Waals surface area contributed by atoms with Crippen LogP contribution in [0.15, 0.2) is 98.7 Å². The highest BCUT2D eigenvalue weighted by Gasteiger charge is 2.20. The van der Waals surface area contributed by atoms with Crippen molar-refractivity contribution in [3.8, 4) is 5.69 Å². The molecule has 0 saturated carbocycles. The maximum absolute atomic E-state index is 13.3. The molecule has 0 unspecified atom stereocenters. The highest BCUT2D eigenvalue weighted by Crippen LogP contribution is 2.27. The van der Waals surface area contributed by atoms with Crippen molar-refractivity contribution in [1.82, 2.24) is 14.3 Å². The quantitative estimate of drug-likeness (QED) is 0.176. The van der Waals surface area contributed by atoms with Crippen molar-refractivity contribution in [3.05, 3.63) is 115 Å². The largest absolute Gasteiger partial charge is 0.380 e. The van der Waals surface area contributed by atoms with Crippen molar-refractivity contribution < 1.29 is 13.2 Å². The molecule has 10 nitrogen and oxygen atoms in total. The highest BCUT2D eigenvalue weighted by molar-refractivity contribution is 7.92.